The molecule has 0 aliphatic carbocycles. The summed E-state index contributed by atoms with van der Waals surface area (Å²) in [6, 6.07) is 8.30. The molecule has 1 aromatic heterocycles. The number of anilines is 2. The van der Waals surface area contributed by atoms with E-state index in [1.54, 1.807) is 11.3 Å². The Kier molecular flexibility index (Phi) is 3.15. The molecule has 0 unspecified atom stereocenters. The van der Waals surface area contributed by atoms with Crippen LogP contribution in [-0.2, 0) is 6.54 Å². The van der Waals surface area contributed by atoms with Crippen molar-refractivity contribution in [2.75, 3.05) is 17.7 Å². The van der Waals surface area contributed by atoms with Crippen LogP contribution in [0.5, 0.6) is 0 Å². The highest BCUT2D eigenvalue weighted by molar-refractivity contribution is 7.07. The van der Waals surface area contributed by atoms with Crippen molar-refractivity contribution in [1.29, 1.82) is 0 Å². The van der Waals surface area contributed by atoms with Crippen molar-refractivity contribution in [2.24, 2.45) is 0 Å². The summed E-state index contributed by atoms with van der Waals surface area (Å²) in [4.78, 5) is 2.18. The molecule has 1 heterocycles. The second-order valence-electron chi connectivity index (χ2n) is 4.00. The Labute approximate surface area is 100 Å². The Hall–Kier alpha value is -1.48. The van der Waals surface area contributed by atoms with E-state index >= 15 is 0 Å². The maximum atomic E-state index is 6.07. The normalized spacial score (nSPS) is 10.4. The van der Waals surface area contributed by atoms with E-state index in [-0.39, 0.29) is 0 Å². The molecule has 16 heavy (non-hydrogen) atoms. The summed E-state index contributed by atoms with van der Waals surface area (Å²) in [5.74, 6) is 0. The molecule has 0 radical (unpaired) electrons. The molecule has 0 aliphatic heterocycles. The molecule has 0 saturated heterocycles. The van der Waals surface area contributed by atoms with Crippen molar-refractivity contribution in [3.05, 3.63) is 46.2 Å². The maximum Gasteiger partial charge on any atom is 0.0603 e. The SMILES string of the molecule is Cc1cccc(N(C)Cc2ccsc2)c1N. The number of nitrogens with two attached hydrogens (primary N) is 1. The van der Waals surface area contributed by atoms with Gasteiger partial charge in [0, 0.05) is 13.6 Å². The van der Waals surface area contributed by atoms with Gasteiger partial charge in [0.25, 0.3) is 0 Å². The van der Waals surface area contributed by atoms with Crippen LogP contribution >= 0.6 is 11.3 Å². The lowest BCUT2D eigenvalue weighted by Crippen LogP contribution is -2.17. The molecule has 0 fully saturated rings. The lowest BCUT2D eigenvalue weighted by Gasteiger charge is -2.21. The highest BCUT2D eigenvalue weighted by atomic mass is 32.1. The van der Waals surface area contributed by atoms with E-state index in [1.165, 1.54) is 5.56 Å². The van der Waals surface area contributed by atoms with Gasteiger partial charge in [-0.2, -0.15) is 11.3 Å². The number of benzene rings is 1. The lowest BCUT2D eigenvalue weighted by atomic mass is 10.1. The number of nitrogens with zero attached hydrogens (tertiary/aromatic N) is 1. The minimum absolute atomic E-state index is 0.875. The number of hydrogen-bond donors (Lipinski definition) is 1. The Morgan fingerprint density at radius 2 is 2.12 bits per heavy atom. The molecule has 3 heteroatoms. The van der Waals surface area contributed by atoms with Crippen molar-refractivity contribution in [2.45, 2.75) is 13.5 Å². The fraction of sp³-hybridized carbons (Fsp3) is 0.231. The number of thiophene rings is 1. The van der Waals surface area contributed by atoms with E-state index in [2.05, 4.69) is 34.8 Å². The zero-order chi connectivity index (χ0) is 11.5. The molecule has 0 aliphatic rings. The van der Waals surface area contributed by atoms with Gasteiger partial charge in [-0.1, -0.05) is 12.1 Å². The number of nitrogen functional groups attached to an aromatic ring is 1. The first kappa shape index (κ1) is 11.0. The summed E-state index contributed by atoms with van der Waals surface area (Å²) in [5, 5.41) is 4.27. The summed E-state index contributed by atoms with van der Waals surface area (Å²) in [6.07, 6.45) is 0. The van der Waals surface area contributed by atoms with Crippen molar-refractivity contribution in [3.8, 4) is 0 Å². The van der Waals surface area contributed by atoms with Crippen LogP contribution in [0, 0.1) is 6.92 Å². The minimum atomic E-state index is 0.875. The molecule has 2 aromatic rings. The fourth-order valence-electron chi connectivity index (χ4n) is 1.74. The third-order valence-corrected chi connectivity index (χ3v) is 3.44. The second-order valence-corrected chi connectivity index (χ2v) is 4.78. The number of para-hydroxylation sites is 1. The Morgan fingerprint density at radius 1 is 1.31 bits per heavy atom. The summed E-state index contributed by atoms with van der Waals surface area (Å²) in [7, 11) is 2.07. The second kappa shape index (κ2) is 4.58. The Bertz CT molecular complexity index is 463. The summed E-state index contributed by atoms with van der Waals surface area (Å²) < 4.78 is 0. The monoisotopic (exact) mass is 232 g/mol. The van der Waals surface area contributed by atoms with Gasteiger partial charge in [0.05, 0.1) is 11.4 Å². The predicted molar refractivity (Wildman–Crippen MR) is 72.0 cm³/mol. The van der Waals surface area contributed by atoms with Gasteiger partial charge >= 0.3 is 0 Å². The third-order valence-electron chi connectivity index (χ3n) is 2.71. The topological polar surface area (TPSA) is 29.3 Å². The summed E-state index contributed by atoms with van der Waals surface area (Å²) >= 11 is 1.73. The van der Waals surface area contributed by atoms with Crippen LogP contribution in [0.25, 0.3) is 0 Å². The molecule has 0 saturated carbocycles. The predicted octanol–water partition coefficient (Wildman–Crippen LogP) is 3.28. The highest BCUT2D eigenvalue weighted by Crippen LogP contribution is 2.26. The molecular formula is C13H16N2S. The lowest BCUT2D eigenvalue weighted by molar-refractivity contribution is 0.928. The van der Waals surface area contributed by atoms with Crippen molar-refractivity contribution >= 4 is 22.7 Å². The van der Waals surface area contributed by atoms with Gasteiger partial charge in [0.2, 0.25) is 0 Å². The Balaban J connectivity index is 2.21. The van der Waals surface area contributed by atoms with Gasteiger partial charge < -0.3 is 10.6 Å². The van der Waals surface area contributed by atoms with Gasteiger partial charge in [0.15, 0.2) is 0 Å². The van der Waals surface area contributed by atoms with Gasteiger partial charge in [-0.05, 0) is 40.9 Å². The maximum absolute atomic E-state index is 6.07. The smallest absolute Gasteiger partial charge is 0.0603 e. The zero-order valence-corrected chi connectivity index (χ0v) is 10.4. The van der Waals surface area contributed by atoms with Gasteiger partial charge in [-0.25, -0.2) is 0 Å². The molecular weight excluding hydrogens is 216 g/mol. The molecule has 1 aromatic carbocycles. The van der Waals surface area contributed by atoms with Crippen LogP contribution in [0.3, 0.4) is 0 Å². The summed E-state index contributed by atoms with van der Waals surface area (Å²) in [5.41, 5.74) is 10.5. The average Bonchev–Trinajstić information content (AvgIpc) is 2.74. The molecule has 0 bridgehead atoms. The van der Waals surface area contributed by atoms with Crippen molar-refractivity contribution in [3.63, 3.8) is 0 Å². The molecule has 84 valence electrons. The van der Waals surface area contributed by atoms with E-state index in [4.69, 9.17) is 5.73 Å². The minimum Gasteiger partial charge on any atom is -0.397 e. The average molecular weight is 232 g/mol. The number of aryl methyl sites for hydroxylation is 1. The van der Waals surface area contributed by atoms with E-state index < -0.39 is 0 Å². The Morgan fingerprint density at radius 3 is 2.81 bits per heavy atom. The van der Waals surface area contributed by atoms with Gasteiger partial charge in [-0.15, -0.1) is 0 Å². The largest absolute Gasteiger partial charge is 0.397 e. The van der Waals surface area contributed by atoms with E-state index in [0.717, 1.165) is 23.5 Å². The first-order chi connectivity index (χ1) is 7.68. The quantitative estimate of drug-likeness (QED) is 0.823. The van der Waals surface area contributed by atoms with E-state index in [9.17, 15) is 0 Å². The van der Waals surface area contributed by atoms with Crippen LogP contribution < -0.4 is 10.6 Å². The van der Waals surface area contributed by atoms with E-state index in [0.29, 0.717) is 0 Å². The zero-order valence-electron chi connectivity index (χ0n) is 9.60. The van der Waals surface area contributed by atoms with Crippen LogP contribution in [0.15, 0.2) is 35.0 Å². The fourth-order valence-corrected chi connectivity index (χ4v) is 2.40. The molecule has 0 spiro atoms. The molecule has 2 rings (SSSR count). The van der Waals surface area contributed by atoms with Gasteiger partial charge in [-0.3, -0.25) is 0 Å². The van der Waals surface area contributed by atoms with E-state index in [1.807, 2.05) is 19.1 Å². The van der Waals surface area contributed by atoms with Gasteiger partial charge in [0.1, 0.15) is 0 Å². The highest BCUT2D eigenvalue weighted by Gasteiger charge is 2.07. The van der Waals surface area contributed by atoms with Crippen molar-refractivity contribution in [1.82, 2.24) is 0 Å². The molecule has 0 atom stereocenters. The third kappa shape index (κ3) is 2.19. The first-order valence-electron chi connectivity index (χ1n) is 5.26. The summed E-state index contributed by atoms with van der Waals surface area (Å²) in [6.45, 7) is 2.94. The van der Waals surface area contributed by atoms with Crippen molar-refractivity contribution < 1.29 is 0 Å². The number of rotatable bonds is 3. The standard InChI is InChI=1S/C13H16N2S/c1-10-4-3-5-12(13(10)14)15(2)8-11-6-7-16-9-11/h3-7,9H,8,14H2,1-2H3. The first-order valence-corrected chi connectivity index (χ1v) is 6.20. The molecule has 2 nitrogen and oxygen atoms in total. The molecule has 0 amide bonds. The van der Waals surface area contributed by atoms with Crippen LogP contribution in [-0.4, -0.2) is 7.05 Å². The van der Waals surface area contributed by atoms with Crippen LogP contribution in [0.2, 0.25) is 0 Å². The molecule has 2 N–H and O–H groups in total. The number of hydrogen-bond acceptors (Lipinski definition) is 3. The van der Waals surface area contributed by atoms with Crippen LogP contribution in [0.4, 0.5) is 11.4 Å². The van der Waals surface area contributed by atoms with Crippen LogP contribution in [0.1, 0.15) is 11.1 Å².